The van der Waals surface area contributed by atoms with Crippen molar-refractivity contribution in [2.45, 2.75) is 213 Å². The molecule has 0 saturated carbocycles. The number of rotatable bonds is 45. The molecule has 0 radical (unpaired) electrons. The molecule has 0 aromatic heterocycles. The topological polar surface area (TPSA) is 78.5 Å². The van der Waals surface area contributed by atoms with Crippen molar-refractivity contribution in [3.8, 4) is 0 Å². The number of carbonyl (C=O) groups excluding carboxylic acids is 3. The number of halogens is 3. The molecule has 0 aliphatic heterocycles. The average Bonchev–Trinajstić information content (AvgIpc) is 3.18. The van der Waals surface area contributed by atoms with Gasteiger partial charge in [0.15, 0.2) is 19.6 Å². The molecule has 0 aromatic rings. The Morgan fingerprint density at radius 2 is 0.562 bits per heavy atom. The van der Waals surface area contributed by atoms with Gasteiger partial charge < -0.3 is 66.2 Å². The molecule has 0 aliphatic carbocycles. The lowest BCUT2D eigenvalue weighted by Crippen LogP contribution is -3.00. The fraction of sp³-hybridized carbons (Fsp3) is 0.942. The van der Waals surface area contributed by atoms with Crippen LogP contribution >= 0.6 is 0 Å². The van der Waals surface area contributed by atoms with E-state index in [1.807, 2.05) is 4.90 Å². The summed E-state index contributed by atoms with van der Waals surface area (Å²) < 4.78 is 2.01. The van der Waals surface area contributed by atoms with Crippen LogP contribution < -0.4 is 47.9 Å². The summed E-state index contributed by atoms with van der Waals surface area (Å²) in [7, 11) is 12.9. The molecule has 0 aromatic carbocycles. The van der Waals surface area contributed by atoms with Gasteiger partial charge in [0.25, 0.3) is 17.7 Å². The third kappa shape index (κ3) is 46.3. The molecule has 0 atom stereocenters. The molecule has 2 N–H and O–H groups in total. The highest BCUT2D eigenvalue weighted by Gasteiger charge is 2.26. The van der Waals surface area contributed by atoms with Gasteiger partial charge in [0.1, 0.15) is 0 Å². The Kier molecular flexibility index (Phi) is 50.0. The predicted molar refractivity (Wildman–Crippen MR) is 264 cm³/mol. The summed E-state index contributed by atoms with van der Waals surface area (Å²) in [5.41, 5.74) is 0. The van der Waals surface area contributed by atoms with Crippen molar-refractivity contribution < 1.29 is 65.1 Å². The minimum atomic E-state index is 0. The van der Waals surface area contributed by atoms with Crippen LogP contribution in [-0.2, 0) is 14.4 Å². The van der Waals surface area contributed by atoms with Gasteiger partial charge in [0.05, 0.1) is 61.9 Å². The lowest BCUT2D eigenvalue weighted by atomic mass is 10.1. The number of hydrogen-bond donors (Lipinski definition) is 2. The molecule has 0 heterocycles. The number of nitrogens with one attached hydrogen (secondary N) is 2. The van der Waals surface area contributed by atoms with Crippen LogP contribution in [0.15, 0.2) is 0 Å². The predicted octanol–water partition coefficient (Wildman–Crippen LogP) is 2.05. The Hall–Kier alpha value is -0.840. The Balaban J connectivity index is -0.00000600. The Morgan fingerprint density at radius 3 is 0.812 bits per heavy atom. The summed E-state index contributed by atoms with van der Waals surface area (Å²) in [6, 6.07) is 0. The molecule has 3 amide bonds. The number of likely N-dealkylation sites (N-methyl/N-ethyl adjacent to an activating group) is 3. The number of hydrogen-bond acceptors (Lipinski definition) is 3. The van der Waals surface area contributed by atoms with E-state index in [1.54, 1.807) is 0 Å². The van der Waals surface area contributed by atoms with Crippen LogP contribution in [0.25, 0.3) is 0 Å². The monoisotopic (exact) mass is 971 g/mol. The number of nitrogens with zero attached hydrogens (tertiary/aromatic N) is 4. The van der Waals surface area contributed by atoms with Gasteiger partial charge in [0.2, 0.25) is 0 Å². The van der Waals surface area contributed by atoms with Gasteiger partial charge >= 0.3 is 0 Å². The van der Waals surface area contributed by atoms with Gasteiger partial charge in [0, 0.05) is 26.2 Å². The molecule has 0 saturated heterocycles. The molecule has 12 heteroatoms. The van der Waals surface area contributed by atoms with Crippen LogP contribution in [0.3, 0.4) is 0 Å². The van der Waals surface area contributed by atoms with Crippen molar-refractivity contribution in [3.05, 3.63) is 0 Å². The Morgan fingerprint density at radius 1 is 0.344 bits per heavy atom. The third-order valence-corrected chi connectivity index (χ3v) is 12.8. The van der Waals surface area contributed by atoms with E-state index in [9.17, 15) is 14.4 Å². The van der Waals surface area contributed by atoms with Gasteiger partial charge in [-0.1, -0.05) is 175 Å². The Labute approximate surface area is 417 Å². The molecule has 9 nitrogen and oxygen atoms in total. The summed E-state index contributed by atoms with van der Waals surface area (Å²) in [6.07, 6.45) is 39.3. The average molecular weight is 973 g/mol. The maximum Gasteiger partial charge on any atom is 0.277 e. The molecule has 0 spiro atoms. The fourth-order valence-electron chi connectivity index (χ4n) is 8.70. The molecular formula is C52H109Cl3N6O3. The second kappa shape index (κ2) is 45.9. The van der Waals surface area contributed by atoms with E-state index in [0.29, 0.717) is 59.3 Å². The smallest absolute Gasteiger partial charge is 0.277 e. The molecule has 0 fully saturated rings. The minimum Gasteiger partial charge on any atom is -1.00 e. The van der Waals surface area contributed by atoms with E-state index in [1.165, 1.54) is 173 Å². The standard InChI is InChI=1S/C52H107N6O3.3ClH/c1-10-13-16-19-22-25-28-31-34-37-44-56(4,5)47-50(59)53-40-42-55(52(61)49-58(8,9)46-39-36-33-30-27-24-21-18-15-12-3)43-41-54-51(60)48-57(6,7)45-38-35-32-29-26-23-20-17-14-11-2;;;/h10-49H2,1-9H3;3*1H/q+1;;;/p-1. The summed E-state index contributed by atoms with van der Waals surface area (Å²) in [4.78, 5) is 42.0. The number of amides is 3. The van der Waals surface area contributed by atoms with Gasteiger partial charge in [-0.05, 0) is 38.5 Å². The SMILES string of the molecule is CCCCCCCCCCCC[N+](C)(C)CC(=O)NCCN(CCNC(=O)C[N+](C)(C)CCCCCCCCCCCC)C(=O)C[N+](C)(C)CCCCCCCCCCCC.[Cl-].[Cl-].[Cl-]. The maximum absolute atomic E-state index is 13.9. The van der Waals surface area contributed by atoms with Crippen molar-refractivity contribution in [3.63, 3.8) is 0 Å². The molecule has 0 unspecified atom stereocenters. The number of carbonyl (C=O) groups is 3. The van der Waals surface area contributed by atoms with E-state index in [4.69, 9.17) is 0 Å². The lowest BCUT2D eigenvalue weighted by Gasteiger charge is -2.33. The van der Waals surface area contributed by atoms with Crippen molar-refractivity contribution in [1.82, 2.24) is 15.5 Å². The van der Waals surface area contributed by atoms with E-state index in [2.05, 4.69) is 73.7 Å². The zero-order valence-electron chi connectivity index (χ0n) is 43.9. The van der Waals surface area contributed by atoms with E-state index in [0.717, 1.165) is 38.9 Å². The van der Waals surface area contributed by atoms with Crippen molar-refractivity contribution in [2.75, 3.05) is 108 Å². The van der Waals surface area contributed by atoms with Crippen LogP contribution in [-0.4, -0.2) is 144 Å². The molecule has 0 bridgehead atoms. The molecule has 386 valence electrons. The highest BCUT2D eigenvalue weighted by Crippen LogP contribution is 2.15. The molecule has 0 aliphatic rings. The first-order valence-corrected chi connectivity index (χ1v) is 26.4. The van der Waals surface area contributed by atoms with E-state index >= 15 is 0 Å². The van der Waals surface area contributed by atoms with Crippen LogP contribution in [0.2, 0.25) is 0 Å². The second-order valence-corrected chi connectivity index (χ2v) is 21.1. The molecule has 0 rings (SSSR count). The highest BCUT2D eigenvalue weighted by molar-refractivity contribution is 5.79. The van der Waals surface area contributed by atoms with Crippen molar-refractivity contribution in [2.24, 2.45) is 0 Å². The summed E-state index contributed by atoms with van der Waals surface area (Å²) in [6.45, 7) is 12.8. The van der Waals surface area contributed by atoms with Gasteiger partial charge in [-0.15, -0.1) is 0 Å². The van der Waals surface area contributed by atoms with Crippen molar-refractivity contribution >= 4 is 17.7 Å². The first-order chi connectivity index (χ1) is 29.2. The zero-order chi connectivity index (χ0) is 45.5. The van der Waals surface area contributed by atoms with Gasteiger partial charge in [-0.25, -0.2) is 0 Å². The minimum absolute atomic E-state index is 0. The molecule has 64 heavy (non-hydrogen) atoms. The number of unbranched alkanes of at least 4 members (excludes halogenated alkanes) is 27. The maximum atomic E-state index is 13.9. The largest absolute Gasteiger partial charge is 1.00 e. The van der Waals surface area contributed by atoms with E-state index in [-0.39, 0.29) is 54.9 Å². The second-order valence-electron chi connectivity index (χ2n) is 21.1. The fourth-order valence-corrected chi connectivity index (χ4v) is 8.70. The third-order valence-electron chi connectivity index (χ3n) is 12.8. The van der Waals surface area contributed by atoms with Crippen LogP contribution in [0.5, 0.6) is 0 Å². The first-order valence-electron chi connectivity index (χ1n) is 26.4. The normalized spacial score (nSPS) is 11.6. The number of quaternary nitrogens is 3. The highest BCUT2D eigenvalue weighted by atomic mass is 35.5. The summed E-state index contributed by atoms with van der Waals surface area (Å²) in [5, 5.41) is 6.26. The first kappa shape index (κ1) is 69.7. The van der Waals surface area contributed by atoms with Crippen LogP contribution in [0.4, 0.5) is 0 Å². The van der Waals surface area contributed by atoms with E-state index < -0.39 is 0 Å². The summed E-state index contributed by atoms with van der Waals surface area (Å²) in [5.74, 6) is 0.171. The van der Waals surface area contributed by atoms with Crippen LogP contribution in [0, 0.1) is 0 Å². The van der Waals surface area contributed by atoms with Gasteiger partial charge in [-0.2, -0.15) is 0 Å². The Bertz CT molecular complexity index is 1010. The van der Waals surface area contributed by atoms with Crippen LogP contribution in [0.1, 0.15) is 213 Å². The van der Waals surface area contributed by atoms with Crippen molar-refractivity contribution in [1.29, 1.82) is 0 Å². The zero-order valence-corrected chi connectivity index (χ0v) is 46.2. The quantitative estimate of drug-likeness (QED) is 0.0726. The molecular weight excluding hydrogens is 863 g/mol. The lowest BCUT2D eigenvalue weighted by molar-refractivity contribution is -0.883. The van der Waals surface area contributed by atoms with Gasteiger partial charge in [-0.3, -0.25) is 14.4 Å². The summed E-state index contributed by atoms with van der Waals surface area (Å²) >= 11 is 0.